The number of anilines is 1. The standard InChI is InChI=1S/C23H23ClN2O4S/c24-17-11-15(12-19-22(17)30-10-4-9-29-19)13-21(27)26(14-16-5-3-8-28-16)23-25-18-6-1-2-7-20(18)31-23/h1-2,6-7,11-12,16H,3-5,8-10,13-14H2/t16-/m1/s1. The summed E-state index contributed by atoms with van der Waals surface area (Å²) < 4.78 is 18.3. The van der Waals surface area contributed by atoms with Gasteiger partial charge in [0, 0.05) is 13.0 Å². The van der Waals surface area contributed by atoms with Gasteiger partial charge in [0.2, 0.25) is 5.91 Å². The van der Waals surface area contributed by atoms with Crippen LogP contribution in [-0.2, 0) is 16.0 Å². The fraction of sp³-hybridized carbons (Fsp3) is 0.391. The third-order valence-electron chi connectivity index (χ3n) is 5.44. The molecule has 0 aliphatic carbocycles. The van der Waals surface area contributed by atoms with Gasteiger partial charge in [-0.1, -0.05) is 35.1 Å². The van der Waals surface area contributed by atoms with E-state index >= 15 is 0 Å². The lowest BCUT2D eigenvalue weighted by molar-refractivity contribution is -0.118. The minimum Gasteiger partial charge on any atom is -0.489 e. The first-order chi connectivity index (χ1) is 15.2. The largest absolute Gasteiger partial charge is 0.489 e. The van der Waals surface area contributed by atoms with Crippen LogP contribution in [0.3, 0.4) is 0 Å². The van der Waals surface area contributed by atoms with Crippen molar-refractivity contribution >= 4 is 44.2 Å². The number of ether oxygens (including phenoxy) is 3. The summed E-state index contributed by atoms with van der Waals surface area (Å²) in [6.45, 7) is 2.37. The second-order valence-corrected chi connectivity index (χ2v) is 9.15. The normalized spacial score (nSPS) is 18.2. The number of aromatic nitrogens is 1. The number of halogens is 1. The van der Waals surface area contributed by atoms with Crippen molar-refractivity contribution < 1.29 is 19.0 Å². The summed E-state index contributed by atoms with van der Waals surface area (Å²) in [4.78, 5) is 19.9. The summed E-state index contributed by atoms with van der Waals surface area (Å²) in [6, 6.07) is 11.6. The number of fused-ring (bicyclic) bond motifs is 2. The second-order valence-electron chi connectivity index (χ2n) is 7.74. The van der Waals surface area contributed by atoms with Gasteiger partial charge in [-0.3, -0.25) is 9.69 Å². The Morgan fingerprint density at radius 1 is 1.16 bits per heavy atom. The Bertz CT molecular complexity index is 1060. The summed E-state index contributed by atoms with van der Waals surface area (Å²) >= 11 is 7.95. The molecule has 0 N–H and O–H groups in total. The van der Waals surface area contributed by atoms with Crippen LogP contribution in [0.15, 0.2) is 36.4 Å². The smallest absolute Gasteiger partial charge is 0.233 e. The molecule has 162 valence electrons. The number of para-hydroxylation sites is 1. The van der Waals surface area contributed by atoms with Crippen LogP contribution in [-0.4, -0.2) is 43.4 Å². The Labute approximate surface area is 189 Å². The number of hydrogen-bond acceptors (Lipinski definition) is 6. The van der Waals surface area contributed by atoms with Gasteiger partial charge < -0.3 is 14.2 Å². The van der Waals surface area contributed by atoms with Gasteiger partial charge in [-0.05, 0) is 42.7 Å². The Morgan fingerprint density at radius 3 is 2.87 bits per heavy atom. The zero-order chi connectivity index (χ0) is 21.2. The molecule has 0 spiro atoms. The molecule has 5 rings (SSSR count). The van der Waals surface area contributed by atoms with Gasteiger partial charge in [0.15, 0.2) is 16.6 Å². The minimum atomic E-state index is -0.0416. The van der Waals surface area contributed by atoms with Crippen molar-refractivity contribution in [2.75, 3.05) is 31.3 Å². The van der Waals surface area contributed by atoms with Gasteiger partial charge in [-0.2, -0.15) is 0 Å². The molecule has 0 saturated carbocycles. The summed E-state index contributed by atoms with van der Waals surface area (Å²) in [5.41, 5.74) is 1.68. The van der Waals surface area contributed by atoms with Gasteiger partial charge in [0.05, 0.1) is 47.5 Å². The van der Waals surface area contributed by atoms with Crippen LogP contribution in [0.25, 0.3) is 10.2 Å². The van der Waals surface area contributed by atoms with E-state index in [1.165, 1.54) is 11.3 Å². The van der Waals surface area contributed by atoms with Crippen molar-refractivity contribution in [3.8, 4) is 11.5 Å². The molecule has 8 heteroatoms. The van der Waals surface area contributed by atoms with Gasteiger partial charge in [0.1, 0.15) is 0 Å². The maximum Gasteiger partial charge on any atom is 0.233 e. The SMILES string of the molecule is O=C(Cc1cc(Cl)c2c(c1)OCCCO2)N(C[C@H]1CCCO1)c1nc2ccccc2s1. The Balaban J connectivity index is 1.42. The van der Waals surface area contributed by atoms with Crippen molar-refractivity contribution in [3.05, 3.63) is 47.0 Å². The van der Waals surface area contributed by atoms with E-state index in [2.05, 4.69) is 0 Å². The van der Waals surface area contributed by atoms with Crippen molar-refractivity contribution in [3.63, 3.8) is 0 Å². The monoisotopic (exact) mass is 458 g/mol. The fourth-order valence-corrected chi connectivity index (χ4v) is 5.19. The van der Waals surface area contributed by atoms with Crippen molar-refractivity contribution in [2.24, 2.45) is 0 Å². The summed E-state index contributed by atoms with van der Waals surface area (Å²) in [5, 5.41) is 1.16. The highest BCUT2D eigenvalue weighted by atomic mass is 35.5. The minimum absolute atomic E-state index is 0.0309. The molecule has 1 atom stereocenters. The first kappa shape index (κ1) is 20.5. The van der Waals surface area contributed by atoms with Crippen molar-refractivity contribution in [1.82, 2.24) is 4.98 Å². The lowest BCUT2D eigenvalue weighted by Gasteiger charge is -2.23. The highest BCUT2D eigenvalue weighted by Crippen LogP contribution is 2.38. The molecule has 1 amide bonds. The molecule has 0 radical (unpaired) electrons. The number of hydrogen-bond donors (Lipinski definition) is 0. The number of benzene rings is 2. The summed E-state index contributed by atoms with van der Waals surface area (Å²) in [6.07, 6.45) is 2.99. The molecular formula is C23H23ClN2O4S. The van der Waals surface area contributed by atoms with Crippen molar-refractivity contribution in [1.29, 1.82) is 0 Å². The van der Waals surface area contributed by atoms with E-state index in [-0.39, 0.29) is 18.4 Å². The number of amides is 1. The van der Waals surface area contributed by atoms with Crippen LogP contribution >= 0.6 is 22.9 Å². The molecule has 1 aromatic heterocycles. The average Bonchev–Trinajstić information content (AvgIpc) is 3.36. The van der Waals surface area contributed by atoms with E-state index in [1.54, 1.807) is 11.0 Å². The number of rotatable bonds is 5. The van der Waals surface area contributed by atoms with Gasteiger partial charge >= 0.3 is 0 Å². The summed E-state index contributed by atoms with van der Waals surface area (Å²) in [7, 11) is 0. The van der Waals surface area contributed by atoms with Gasteiger partial charge in [-0.15, -0.1) is 0 Å². The highest BCUT2D eigenvalue weighted by molar-refractivity contribution is 7.22. The third kappa shape index (κ3) is 4.49. The van der Waals surface area contributed by atoms with Crippen LogP contribution in [0.4, 0.5) is 5.13 Å². The average molecular weight is 459 g/mol. The Morgan fingerprint density at radius 2 is 2.03 bits per heavy atom. The Hall–Kier alpha value is -2.35. The van der Waals surface area contributed by atoms with Crippen LogP contribution in [0.1, 0.15) is 24.8 Å². The molecular weight excluding hydrogens is 436 g/mol. The number of carbonyl (C=O) groups excluding carboxylic acids is 1. The molecule has 2 aliphatic rings. The van der Waals surface area contributed by atoms with Crippen LogP contribution < -0.4 is 14.4 Å². The highest BCUT2D eigenvalue weighted by Gasteiger charge is 2.27. The lowest BCUT2D eigenvalue weighted by Crippen LogP contribution is -2.38. The first-order valence-corrected chi connectivity index (χ1v) is 11.7. The predicted molar refractivity (Wildman–Crippen MR) is 122 cm³/mol. The van der Waals surface area contributed by atoms with Crippen LogP contribution in [0.2, 0.25) is 5.02 Å². The van der Waals surface area contributed by atoms with Crippen LogP contribution in [0, 0.1) is 0 Å². The molecule has 2 aliphatic heterocycles. The van der Waals surface area contributed by atoms with E-state index in [0.717, 1.165) is 41.6 Å². The Kier molecular flexibility index (Phi) is 5.98. The molecule has 0 unspecified atom stereocenters. The van der Waals surface area contributed by atoms with Gasteiger partial charge in [-0.25, -0.2) is 4.98 Å². The molecule has 3 aromatic rings. The van der Waals surface area contributed by atoms with E-state index < -0.39 is 0 Å². The third-order valence-corrected chi connectivity index (χ3v) is 6.78. The number of nitrogens with zero attached hydrogens (tertiary/aromatic N) is 2. The molecule has 31 heavy (non-hydrogen) atoms. The molecule has 1 saturated heterocycles. The lowest BCUT2D eigenvalue weighted by atomic mass is 10.1. The van der Waals surface area contributed by atoms with Gasteiger partial charge in [0.25, 0.3) is 0 Å². The molecule has 0 bridgehead atoms. The van der Waals surface area contributed by atoms with E-state index in [9.17, 15) is 4.79 Å². The predicted octanol–water partition coefficient (Wildman–Crippen LogP) is 4.87. The number of carbonyl (C=O) groups is 1. The van der Waals surface area contributed by atoms with Crippen molar-refractivity contribution in [2.45, 2.75) is 31.8 Å². The number of thiazole rings is 1. The summed E-state index contributed by atoms with van der Waals surface area (Å²) in [5.74, 6) is 1.11. The maximum absolute atomic E-state index is 13.4. The van der Waals surface area contributed by atoms with E-state index in [0.29, 0.717) is 41.4 Å². The first-order valence-electron chi connectivity index (χ1n) is 10.5. The fourth-order valence-electron chi connectivity index (χ4n) is 3.91. The molecule has 2 aromatic carbocycles. The van der Waals surface area contributed by atoms with E-state index in [4.69, 9.17) is 30.8 Å². The molecule has 3 heterocycles. The zero-order valence-corrected chi connectivity index (χ0v) is 18.6. The zero-order valence-electron chi connectivity index (χ0n) is 17.0. The van der Waals surface area contributed by atoms with Crippen LogP contribution in [0.5, 0.6) is 11.5 Å². The maximum atomic E-state index is 13.4. The van der Waals surface area contributed by atoms with E-state index in [1.807, 2.05) is 30.3 Å². The second kappa shape index (κ2) is 9.02. The molecule has 6 nitrogen and oxygen atoms in total. The molecule has 1 fully saturated rings. The topological polar surface area (TPSA) is 60.9 Å². The quantitative estimate of drug-likeness (QED) is 0.546.